The predicted octanol–water partition coefficient (Wildman–Crippen LogP) is 0.171. The van der Waals surface area contributed by atoms with E-state index in [1.54, 1.807) is 0 Å². The Morgan fingerprint density at radius 1 is 1.64 bits per heavy atom. The molecule has 1 saturated heterocycles. The molecule has 1 rings (SSSR count). The average molecular weight is 181 g/mol. The van der Waals surface area contributed by atoms with Crippen LogP contribution in [0.2, 0.25) is 0 Å². The van der Waals surface area contributed by atoms with Gasteiger partial charge in [0.1, 0.15) is 0 Å². The smallest absolute Gasteiger partial charge is 0.256 e. The molecule has 0 spiro atoms. The summed E-state index contributed by atoms with van der Waals surface area (Å²) >= 11 is -2.12. The molecule has 11 heavy (non-hydrogen) atoms. The fraction of sp³-hybridized carbons (Fsp3) is 1.00. The van der Waals surface area contributed by atoms with Crippen LogP contribution in [0.1, 0.15) is 19.3 Å². The normalized spacial score (nSPS) is 28.3. The second kappa shape index (κ2) is 4.78. The second-order valence-electron chi connectivity index (χ2n) is 2.25. The van der Waals surface area contributed by atoms with Crippen LogP contribution in [-0.4, -0.2) is 21.7 Å². The molecule has 2 N–H and O–H groups in total. The van der Waals surface area contributed by atoms with Gasteiger partial charge in [-0.3, -0.25) is 9.39 Å². The Labute approximate surface area is 67.4 Å². The molecule has 66 valence electrons. The van der Waals surface area contributed by atoms with Gasteiger partial charge in [0, 0.05) is 13.0 Å². The van der Waals surface area contributed by atoms with Crippen molar-refractivity contribution in [1.29, 1.82) is 0 Å². The van der Waals surface area contributed by atoms with Crippen molar-refractivity contribution >= 4 is 11.3 Å². The number of nitrogens with one attached hydrogen (secondary N) is 1. The van der Waals surface area contributed by atoms with Gasteiger partial charge in [-0.25, -0.2) is 4.21 Å². The molecule has 0 amide bonds. The Balaban J connectivity index is 2.09. The predicted molar refractivity (Wildman–Crippen MR) is 38.6 cm³/mol. The maximum atomic E-state index is 10.1. The third-order valence-corrected chi connectivity index (χ3v) is 1.63. The summed E-state index contributed by atoms with van der Waals surface area (Å²) in [7, 11) is 0. The van der Waals surface area contributed by atoms with Gasteiger partial charge in [0.05, 0.1) is 0 Å². The summed E-state index contributed by atoms with van der Waals surface area (Å²) < 4.78 is 23.4. The van der Waals surface area contributed by atoms with E-state index in [1.807, 2.05) is 4.89 Å². The fourth-order valence-electron chi connectivity index (χ4n) is 0.899. The molecule has 0 aromatic carbocycles. The van der Waals surface area contributed by atoms with E-state index in [0.29, 0.717) is 6.61 Å². The van der Waals surface area contributed by atoms with Crippen molar-refractivity contribution < 1.29 is 18.3 Å². The first-order valence-electron chi connectivity index (χ1n) is 3.43. The van der Waals surface area contributed by atoms with Crippen LogP contribution >= 0.6 is 0 Å². The summed E-state index contributed by atoms with van der Waals surface area (Å²) in [6.07, 6.45) is 2.45. The molecule has 2 atom stereocenters. The first-order valence-corrected chi connectivity index (χ1v) is 4.53. The van der Waals surface area contributed by atoms with Crippen LogP contribution in [0.25, 0.3) is 0 Å². The SMILES string of the molecule is O=S(O)NOC1CCCCO1. The van der Waals surface area contributed by atoms with Crippen LogP contribution < -0.4 is 4.89 Å². The van der Waals surface area contributed by atoms with Crippen LogP contribution in [0.4, 0.5) is 0 Å². The minimum atomic E-state index is -2.12. The molecule has 1 aliphatic heterocycles. The number of rotatable bonds is 3. The molecule has 1 aliphatic rings. The quantitative estimate of drug-likeness (QED) is 0.481. The molecule has 1 heterocycles. The van der Waals surface area contributed by atoms with Gasteiger partial charge in [0.2, 0.25) is 0 Å². The van der Waals surface area contributed by atoms with E-state index in [0.717, 1.165) is 19.3 Å². The van der Waals surface area contributed by atoms with E-state index in [9.17, 15) is 4.21 Å². The lowest BCUT2D eigenvalue weighted by molar-refractivity contribution is -0.179. The van der Waals surface area contributed by atoms with Crippen LogP contribution in [0.5, 0.6) is 0 Å². The van der Waals surface area contributed by atoms with Gasteiger partial charge in [-0.1, -0.05) is 4.89 Å². The molecule has 1 fully saturated rings. The molecule has 0 aliphatic carbocycles. The van der Waals surface area contributed by atoms with Gasteiger partial charge < -0.3 is 4.74 Å². The summed E-state index contributed by atoms with van der Waals surface area (Å²) in [5.41, 5.74) is 0. The topological polar surface area (TPSA) is 67.8 Å². The summed E-state index contributed by atoms with van der Waals surface area (Å²) in [5.74, 6) is 0. The number of hydrogen-bond donors (Lipinski definition) is 2. The molecule has 0 radical (unpaired) electrons. The van der Waals surface area contributed by atoms with Gasteiger partial charge >= 0.3 is 0 Å². The van der Waals surface area contributed by atoms with Gasteiger partial charge in [-0.15, -0.1) is 0 Å². The lowest BCUT2D eigenvalue weighted by Gasteiger charge is -2.21. The van der Waals surface area contributed by atoms with Crippen molar-refractivity contribution in [1.82, 2.24) is 4.89 Å². The van der Waals surface area contributed by atoms with E-state index in [4.69, 9.17) is 14.1 Å². The fourth-order valence-corrected chi connectivity index (χ4v) is 1.09. The first-order chi connectivity index (χ1) is 5.29. The van der Waals surface area contributed by atoms with Gasteiger partial charge in [-0.05, 0) is 12.8 Å². The highest BCUT2D eigenvalue weighted by atomic mass is 32.2. The highest BCUT2D eigenvalue weighted by molar-refractivity contribution is 7.76. The molecule has 0 saturated carbocycles. The molecule has 0 aromatic rings. The van der Waals surface area contributed by atoms with E-state index in [2.05, 4.69) is 0 Å². The van der Waals surface area contributed by atoms with Gasteiger partial charge in [0.25, 0.3) is 11.3 Å². The third kappa shape index (κ3) is 3.78. The Morgan fingerprint density at radius 2 is 2.45 bits per heavy atom. The molecule has 0 bridgehead atoms. The zero-order valence-electron chi connectivity index (χ0n) is 5.99. The van der Waals surface area contributed by atoms with Crippen LogP contribution in [0.15, 0.2) is 0 Å². The molecule has 5 nitrogen and oxygen atoms in total. The van der Waals surface area contributed by atoms with Crippen molar-refractivity contribution in [3.05, 3.63) is 0 Å². The maximum absolute atomic E-state index is 10.1. The van der Waals surface area contributed by atoms with Gasteiger partial charge in [0.15, 0.2) is 6.29 Å². The van der Waals surface area contributed by atoms with E-state index in [-0.39, 0.29) is 6.29 Å². The Kier molecular flexibility index (Phi) is 3.95. The zero-order chi connectivity index (χ0) is 8.10. The highest BCUT2D eigenvalue weighted by Gasteiger charge is 2.14. The standard InChI is InChI=1S/C5H11NO4S/c7-11(8)6-10-5-3-1-2-4-9-5/h5-6H,1-4H2,(H,7,8). The molecule has 2 unspecified atom stereocenters. The minimum Gasteiger partial charge on any atom is -0.351 e. The van der Waals surface area contributed by atoms with E-state index in [1.165, 1.54) is 0 Å². The Morgan fingerprint density at radius 3 is 3.00 bits per heavy atom. The van der Waals surface area contributed by atoms with Crippen LogP contribution in [0.3, 0.4) is 0 Å². The first kappa shape index (κ1) is 9.08. The summed E-state index contributed by atoms with van der Waals surface area (Å²) in [4.78, 5) is 6.64. The van der Waals surface area contributed by atoms with Crippen LogP contribution in [-0.2, 0) is 20.8 Å². The van der Waals surface area contributed by atoms with Crippen molar-refractivity contribution in [3.8, 4) is 0 Å². The molecule has 0 aromatic heterocycles. The maximum Gasteiger partial charge on any atom is 0.256 e. The molecular formula is C5H11NO4S. The van der Waals surface area contributed by atoms with E-state index < -0.39 is 11.3 Å². The summed E-state index contributed by atoms with van der Waals surface area (Å²) in [6.45, 7) is 0.657. The largest absolute Gasteiger partial charge is 0.351 e. The van der Waals surface area contributed by atoms with E-state index >= 15 is 0 Å². The van der Waals surface area contributed by atoms with Gasteiger partial charge in [-0.2, -0.15) is 0 Å². The monoisotopic (exact) mass is 181 g/mol. The Hall–Kier alpha value is -0.0100. The zero-order valence-corrected chi connectivity index (χ0v) is 6.80. The lowest BCUT2D eigenvalue weighted by atomic mass is 10.2. The summed E-state index contributed by atoms with van der Waals surface area (Å²) in [6, 6.07) is 0. The minimum absolute atomic E-state index is 0.375. The molecular weight excluding hydrogens is 170 g/mol. The number of hydrogen-bond acceptors (Lipinski definition) is 3. The third-order valence-electron chi connectivity index (χ3n) is 1.39. The lowest BCUT2D eigenvalue weighted by Crippen LogP contribution is -2.30. The highest BCUT2D eigenvalue weighted by Crippen LogP contribution is 2.12. The summed E-state index contributed by atoms with van der Waals surface area (Å²) in [5, 5.41) is 0. The average Bonchev–Trinajstić information content (AvgIpc) is 2.03. The second-order valence-corrected chi connectivity index (χ2v) is 2.91. The van der Waals surface area contributed by atoms with Crippen LogP contribution in [0, 0.1) is 0 Å². The van der Waals surface area contributed by atoms with Crippen molar-refractivity contribution in [2.24, 2.45) is 0 Å². The van der Waals surface area contributed by atoms with Crippen molar-refractivity contribution in [3.63, 3.8) is 0 Å². The van der Waals surface area contributed by atoms with Crippen molar-refractivity contribution in [2.75, 3.05) is 6.61 Å². The molecule has 6 heteroatoms. The van der Waals surface area contributed by atoms with Crippen molar-refractivity contribution in [2.45, 2.75) is 25.6 Å². The Bertz CT molecular complexity index is 136. The number of ether oxygens (including phenoxy) is 1.